The molecule has 5 nitrogen and oxygen atoms in total. The number of nitrogens with zero attached hydrogens (tertiary/aromatic N) is 2. The highest BCUT2D eigenvalue weighted by molar-refractivity contribution is 5.92. The highest BCUT2D eigenvalue weighted by Crippen LogP contribution is 2.04. The maximum Gasteiger partial charge on any atom is 0.271 e. The lowest BCUT2D eigenvalue weighted by molar-refractivity contribution is 0.0945. The van der Waals surface area contributed by atoms with Crippen LogP contribution in [-0.2, 0) is 6.54 Å². The smallest absolute Gasteiger partial charge is 0.271 e. The molecule has 1 aromatic carbocycles. The fraction of sp³-hybridized carbons (Fsp3) is 0.267. The van der Waals surface area contributed by atoms with Crippen LogP contribution in [0.4, 0.5) is 10.2 Å². The van der Waals surface area contributed by atoms with Crippen molar-refractivity contribution in [2.75, 3.05) is 11.9 Å². The van der Waals surface area contributed by atoms with Crippen LogP contribution in [0, 0.1) is 5.82 Å². The van der Waals surface area contributed by atoms with E-state index in [1.54, 1.807) is 18.3 Å². The van der Waals surface area contributed by atoms with Crippen molar-refractivity contribution in [1.82, 2.24) is 15.3 Å². The van der Waals surface area contributed by atoms with Crippen LogP contribution in [-0.4, -0.2) is 22.4 Å². The quantitative estimate of drug-likeness (QED) is 0.856. The van der Waals surface area contributed by atoms with E-state index in [0.717, 1.165) is 18.5 Å². The minimum atomic E-state index is -0.313. The molecule has 0 saturated heterocycles. The van der Waals surface area contributed by atoms with E-state index in [4.69, 9.17) is 0 Å². The van der Waals surface area contributed by atoms with Crippen LogP contribution in [0.3, 0.4) is 0 Å². The summed E-state index contributed by atoms with van der Waals surface area (Å²) in [5.74, 6) is -0.0381. The molecule has 0 fully saturated rings. The van der Waals surface area contributed by atoms with Gasteiger partial charge < -0.3 is 10.6 Å². The topological polar surface area (TPSA) is 66.9 Å². The Morgan fingerprint density at radius 1 is 1.24 bits per heavy atom. The van der Waals surface area contributed by atoms with E-state index in [9.17, 15) is 9.18 Å². The Labute approximate surface area is 122 Å². The van der Waals surface area contributed by atoms with Gasteiger partial charge in [0.05, 0.1) is 12.4 Å². The van der Waals surface area contributed by atoms with Crippen LogP contribution in [0.1, 0.15) is 29.4 Å². The lowest BCUT2D eigenvalue weighted by Gasteiger charge is -2.07. The summed E-state index contributed by atoms with van der Waals surface area (Å²) in [6.45, 7) is 3.13. The van der Waals surface area contributed by atoms with Crippen molar-refractivity contribution in [3.8, 4) is 0 Å². The Hall–Kier alpha value is -2.50. The molecule has 0 aliphatic rings. The molecule has 6 heteroatoms. The molecule has 0 bridgehead atoms. The zero-order chi connectivity index (χ0) is 15.1. The Morgan fingerprint density at radius 3 is 2.71 bits per heavy atom. The van der Waals surface area contributed by atoms with E-state index >= 15 is 0 Å². The lowest BCUT2D eigenvalue weighted by atomic mass is 10.2. The van der Waals surface area contributed by atoms with Crippen LogP contribution in [0.5, 0.6) is 0 Å². The van der Waals surface area contributed by atoms with Gasteiger partial charge in [0.2, 0.25) is 0 Å². The van der Waals surface area contributed by atoms with E-state index in [-0.39, 0.29) is 17.4 Å². The Kier molecular flexibility index (Phi) is 5.20. The molecule has 1 amide bonds. The minimum absolute atomic E-state index is 0.248. The summed E-state index contributed by atoms with van der Waals surface area (Å²) < 4.78 is 12.8. The van der Waals surface area contributed by atoms with Crippen LogP contribution < -0.4 is 10.6 Å². The molecule has 2 N–H and O–H groups in total. The maximum atomic E-state index is 12.8. The van der Waals surface area contributed by atoms with Crippen LogP contribution in [0.15, 0.2) is 36.7 Å². The largest absolute Gasteiger partial charge is 0.369 e. The molecule has 21 heavy (non-hydrogen) atoms. The fourth-order valence-electron chi connectivity index (χ4n) is 1.69. The first kappa shape index (κ1) is 14.9. The highest BCUT2D eigenvalue weighted by Gasteiger charge is 2.08. The summed E-state index contributed by atoms with van der Waals surface area (Å²) in [5, 5.41) is 5.80. The van der Waals surface area contributed by atoms with E-state index in [0.29, 0.717) is 12.4 Å². The van der Waals surface area contributed by atoms with Crippen molar-refractivity contribution < 1.29 is 9.18 Å². The zero-order valence-electron chi connectivity index (χ0n) is 11.8. The van der Waals surface area contributed by atoms with Crippen molar-refractivity contribution in [2.24, 2.45) is 0 Å². The van der Waals surface area contributed by atoms with E-state index in [2.05, 4.69) is 20.6 Å². The molecule has 0 aliphatic heterocycles. The second-order valence-electron chi connectivity index (χ2n) is 4.53. The first-order chi connectivity index (χ1) is 10.2. The number of benzene rings is 1. The molecule has 0 spiro atoms. The number of carbonyl (C=O) groups excluding carboxylic acids is 1. The predicted octanol–water partition coefficient (Wildman–Crippen LogP) is 2.37. The molecular formula is C15H17FN4O. The van der Waals surface area contributed by atoms with Gasteiger partial charge in [-0.05, 0) is 24.1 Å². The predicted molar refractivity (Wildman–Crippen MR) is 78.4 cm³/mol. The molecule has 0 unspecified atom stereocenters. The maximum absolute atomic E-state index is 12.8. The van der Waals surface area contributed by atoms with E-state index in [1.807, 2.05) is 6.92 Å². The van der Waals surface area contributed by atoms with Gasteiger partial charge in [0.25, 0.3) is 5.91 Å². The van der Waals surface area contributed by atoms with Gasteiger partial charge in [0.1, 0.15) is 17.3 Å². The molecule has 1 heterocycles. The number of halogens is 1. The van der Waals surface area contributed by atoms with Gasteiger partial charge in [-0.3, -0.25) is 9.78 Å². The number of rotatable bonds is 6. The second kappa shape index (κ2) is 7.33. The molecule has 110 valence electrons. The standard InChI is InChI=1S/C15H17FN4O/c1-2-7-18-14-10-17-9-13(20-14)15(21)19-8-11-3-5-12(16)6-4-11/h3-6,9-10H,2,7-8H2,1H3,(H,18,20)(H,19,21). The van der Waals surface area contributed by atoms with Gasteiger partial charge in [0.15, 0.2) is 0 Å². The number of hydrogen-bond acceptors (Lipinski definition) is 4. The number of nitrogens with one attached hydrogen (secondary N) is 2. The monoisotopic (exact) mass is 288 g/mol. The summed E-state index contributed by atoms with van der Waals surface area (Å²) in [6.07, 6.45) is 3.95. The number of aromatic nitrogens is 2. The van der Waals surface area contributed by atoms with Crippen molar-refractivity contribution >= 4 is 11.7 Å². The molecule has 1 aromatic heterocycles. The van der Waals surface area contributed by atoms with Crippen molar-refractivity contribution in [3.63, 3.8) is 0 Å². The SMILES string of the molecule is CCCNc1cncc(C(=O)NCc2ccc(F)cc2)n1. The molecule has 0 aliphatic carbocycles. The number of anilines is 1. The Balaban J connectivity index is 1.95. The molecule has 0 atom stereocenters. The molecule has 0 radical (unpaired) electrons. The molecule has 2 rings (SSSR count). The van der Waals surface area contributed by atoms with Crippen LogP contribution >= 0.6 is 0 Å². The first-order valence-corrected chi connectivity index (χ1v) is 6.77. The van der Waals surface area contributed by atoms with Crippen molar-refractivity contribution in [2.45, 2.75) is 19.9 Å². The number of amides is 1. The third-order valence-electron chi connectivity index (χ3n) is 2.79. The summed E-state index contributed by atoms with van der Waals surface area (Å²) in [4.78, 5) is 20.2. The fourth-order valence-corrected chi connectivity index (χ4v) is 1.69. The van der Waals surface area contributed by atoms with Crippen molar-refractivity contribution in [1.29, 1.82) is 0 Å². The highest BCUT2D eigenvalue weighted by atomic mass is 19.1. The second-order valence-corrected chi connectivity index (χ2v) is 4.53. The Morgan fingerprint density at radius 2 is 2.00 bits per heavy atom. The van der Waals surface area contributed by atoms with Gasteiger partial charge in [0, 0.05) is 13.1 Å². The van der Waals surface area contributed by atoms with Gasteiger partial charge in [-0.2, -0.15) is 0 Å². The summed E-state index contributed by atoms with van der Waals surface area (Å²) in [5.41, 5.74) is 1.07. The first-order valence-electron chi connectivity index (χ1n) is 6.77. The van der Waals surface area contributed by atoms with Gasteiger partial charge in [-0.1, -0.05) is 19.1 Å². The molecule has 0 saturated carbocycles. The van der Waals surface area contributed by atoms with Crippen LogP contribution in [0.25, 0.3) is 0 Å². The summed E-state index contributed by atoms with van der Waals surface area (Å²) in [6, 6.07) is 5.97. The van der Waals surface area contributed by atoms with Gasteiger partial charge >= 0.3 is 0 Å². The lowest BCUT2D eigenvalue weighted by Crippen LogP contribution is -2.24. The average Bonchev–Trinajstić information content (AvgIpc) is 2.52. The minimum Gasteiger partial charge on any atom is -0.369 e. The molecular weight excluding hydrogens is 271 g/mol. The van der Waals surface area contributed by atoms with Crippen molar-refractivity contribution in [3.05, 3.63) is 53.7 Å². The molecule has 2 aromatic rings. The summed E-state index contributed by atoms with van der Waals surface area (Å²) >= 11 is 0. The van der Waals surface area contributed by atoms with E-state index < -0.39 is 0 Å². The number of carbonyl (C=O) groups is 1. The van der Waals surface area contributed by atoms with E-state index in [1.165, 1.54) is 18.3 Å². The summed E-state index contributed by atoms with van der Waals surface area (Å²) in [7, 11) is 0. The third-order valence-corrected chi connectivity index (χ3v) is 2.79. The average molecular weight is 288 g/mol. The Bertz CT molecular complexity index is 601. The normalized spacial score (nSPS) is 10.2. The zero-order valence-corrected chi connectivity index (χ0v) is 11.8. The third kappa shape index (κ3) is 4.52. The number of hydrogen-bond donors (Lipinski definition) is 2. The van der Waals surface area contributed by atoms with Crippen LogP contribution in [0.2, 0.25) is 0 Å². The van der Waals surface area contributed by atoms with Gasteiger partial charge in [-0.15, -0.1) is 0 Å². The van der Waals surface area contributed by atoms with Gasteiger partial charge in [-0.25, -0.2) is 9.37 Å².